The largest absolute Gasteiger partial charge is 0.491 e. The zero-order valence-corrected chi connectivity index (χ0v) is 15.9. The first-order valence-electron chi connectivity index (χ1n) is 9.32. The molecular formula is C22H26N2O3. The van der Waals surface area contributed by atoms with Gasteiger partial charge in [-0.1, -0.05) is 48.0 Å². The van der Waals surface area contributed by atoms with Crippen LogP contribution in [-0.4, -0.2) is 36.4 Å². The number of amides is 2. The Hall–Kier alpha value is -2.82. The average molecular weight is 366 g/mol. The van der Waals surface area contributed by atoms with Crippen molar-refractivity contribution in [1.82, 2.24) is 10.2 Å². The van der Waals surface area contributed by atoms with E-state index in [4.69, 9.17) is 4.74 Å². The minimum Gasteiger partial charge on any atom is -0.491 e. The fraction of sp³-hybridized carbons (Fsp3) is 0.364. The molecule has 5 heteroatoms. The molecule has 1 atom stereocenters. The predicted molar refractivity (Wildman–Crippen MR) is 104 cm³/mol. The Balaban J connectivity index is 1.42. The van der Waals surface area contributed by atoms with Crippen LogP contribution in [0.2, 0.25) is 0 Å². The molecule has 3 rings (SSSR count). The topological polar surface area (TPSA) is 58.6 Å². The Morgan fingerprint density at radius 1 is 1.19 bits per heavy atom. The van der Waals surface area contributed by atoms with Crippen molar-refractivity contribution in [2.24, 2.45) is 5.92 Å². The summed E-state index contributed by atoms with van der Waals surface area (Å²) in [5.41, 5.74) is 3.35. The zero-order chi connectivity index (χ0) is 19.2. The summed E-state index contributed by atoms with van der Waals surface area (Å²) in [4.78, 5) is 26.3. The van der Waals surface area contributed by atoms with E-state index in [1.807, 2.05) is 56.3 Å². The normalized spacial score (nSPS) is 16.4. The Bertz CT molecular complexity index is 804. The van der Waals surface area contributed by atoms with Gasteiger partial charge >= 0.3 is 0 Å². The van der Waals surface area contributed by atoms with Crippen molar-refractivity contribution in [3.63, 3.8) is 0 Å². The number of aryl methyl sites for hydroxylation is 2. The second-order valence-corrected chi connectivity index (χ2v) is 7.07. The molecule has 1 N–H and O–H groups in total. The maximum atomic E-state index is 12.4. The standard InChI is InChI=1S/C22H26N2O3/c1-16-8-9-20(17(2)12-16)27-11-10-23-22(26)19-13-21(25)24(15-19)14-18-6-4-3-5-7-18/h3-9,12,19H,10-11,13-15H2,1-2H3,(H,23,26). The van der Waals surface area contributed by atoms with Gasteiger partial charge in [-0.2, -0.15) is 0 Å². The molecule has 142 valence electrons. The Kier molecular flexibility index (Phi) is 6.12. The number of hydrogen-bond donors (Lipinski definition) is 1. The third kappa shape index (κ3) is 5.09. The van der Waals surface area contributed by atoms with Gasteiger partial charge in [0.1, 0.15) is 12.4 Å². The molecule has 2 aromatic carbocycles. The van der Waals surface area contributed by atoms with Gasteiger partial charge in [0.2, 0.25) is 11.8 Å². The van der Waals surface area contributed by atoms with E-state index in [0.717, 1.165) is 16.9 Å². The van der Waals surface area contributed by atoms with E-state index in [2.05, 4.69) is 11.4 Å². The lowest BCUT2D eigenvalue weighted by Gasteiger charge is -2.17. The van der Waals surface area contributed by atoms with Gasteiger partial charge in [-0.3, -0.25) is 9.59 Å². The predicted octanol–water partition coefficient (Wildman–Crippen LogP) is 2.85. The molecule has 0 radical (unpaired) electrons. The molecule has 1 heterocycles. The molecule has 0 aromatic heterocycles. The highest BCUT2D eigenvalue weighted by Crippen LogP contribution is 2.21. The van der Waals surface area contributed by atoms with Crippen LogP contribution in [0.1, 0.15) is 23.1 Å². The molecular weight excluding hydrogens is 340 g/mol. The minimum atomic E-state index is -0.290. The van der Waals surface area contributed by atoms with Crippen molar-refractivity contribution in [3.05, 3.63) is 65.2 Å². The molecule has 0 aliphatic carbocycles. The number of hydrogen-bond acceptors (Lipinski definition) is 3. The lowest BCUT2D eigenvalue weighted by molar-refractivity contribution is -0.129. The maximum Gasteiger partial charge on any atom is 0.225 e. The highest BCUT2D eigenvalue weighted by Gasteiger charge is 2.33. The van der Waals surface area contributed by atoms with Gasteiger partial charge in [0, 0.05) is 19.5 Å². The number of benzene rings is 2. The summed E-state index contributed by atoms with van der Waals surface area (Å²) >= 11 is 0. The number of carbonyl (C=O) groups is 2. The van der Waals surface area contributed by atoms with Crippen molar-refractivity contribution in [2.45, 2.75) is 26.8 Å². The lowest BCUT2D eigenvalue weighted by atomic mass is 10.1. The van der Waals surface area contributed by atoms with Crippen molar-refractivity contribution in [1.29, 1.82) is 0 Å². The van der Waals surface area contributed by atoms with Gasteiger partial charge in [0.15, 0.2) is 0 Å². The zero-order valence-electron chi connectivity index (χ0n) is 15.9. The van der Waals surface area contributed by atoms with Gasteiger partial charge in [0.25, 0.3) is 0 Å². The van der Waals surface area contributed by atoms with Crippen LogP contribution in [0.3, 0.4) is 0 Å². The quantitative estimate of drug-likeness (QED) is 0.767. The van der Waals surface area contributed by atoms with Gasteiger partial charge in [0.05, 0.1) is 12.5 Å². The minimum absolute atomic E-state index is 0.0329. The number of likely N-dealkylation sites (tertiary alicyclic amines) is 1. The summed E-state index contributed by atoms with van der Waals surface area (Å²) in [7, 11) is 0. The maximum absolute atomic E-state index is 12.4. The fourth-order valence-electron chi connectivity index (χ4n) is 3.35. The van der Waals surface area contributed by atoms with Crippen molar-refractivity contribution in [2.75, 3.05) is 19.7 Å². The second kappa shape index (κ2) is 8.71. The SMILES string of the molecule is Cc1ccc(OCCNC(=O)C2CC(=O)N(Cc3ccccc3)C2)c(C)c1. The number of nitrogens with one attached hydrogen (secondary N) is 1. The van der Waals surface area contributed by atoms with E-state index in [9.17, 15) is 9.59 Å². The van der Waals surface area contributed by atoms with E-state index in [1.54, 1.807) is 4.90 Å². The third-order valence-corrected chi connectivity index (χ3v) is 4.79. The van der Waals surface area contributed by atoms with E-state index in [0.29, 0.717) is 26.2 Å². The van der Waals surface area contributed by atoms with Crippen LogP contribution in [0.25, 0.3) is 0 Å². The van der Waals surface area contributed by atoms with Crippen molar-refractivity contribution < 1.29 is 14.3 Å². The van der Waals surface area contributed by atoms with Crippen LogP contribution in [0.5, 0.6) is 5.75 Å². The summed E-state index contributed by atoms with van der Waals surface area (Å²) in [5.74, 6) is 0.496. The van der Waals surface area contributed by atoms with E-state index >= 15 is 0 Å². The van der Waals surface area contributed by atoms with E-state index in [-0.39, 0.29) is 24.2 Å². The molecule has 5 nitrogen and oxygen atoms in total. The molecule has 0 saturated carbocycles. The summed E-state index contributed by atoms with van der Waals surface area (Å²) in [6, 6.07) is 15.9. The molecule has 1 unspecified atom stereocenters. The highest BCUT2D eigenvalue weighted by atomic mass is 16.5. The van der Waals surface area contributed by atoms with Gasteiger partial charge in [-0.25, -0.2) is 0 Å². The number of nitrogens with zero attached hydrogens (tertiary/aromatic N) is 1. The Labute approximate surface area is 160 Å². The van der Waals surface area contributed by atoms with Crippen LogP contribution in [-0.2, 0) is 16.1 Å². The van der Waals surface area contributed by atoms with E-state index in [1.165, 1.54) is 5.56 Å². The van der Waals surface area contributed by atoms with Gasteiger partial charge < -0.3 is 15.0 Å². The summed E-state index contributed by atoms with van der Waals surface area (Å²) in [6.07, 6.45) is 0.274. The fourth-order valence-corrected chi connectivity index (χ4v) is 3.35. The third-order valence-electron chi connectivity index (χ3n) is 4.79. The van der Waals surface area contributed by atoms with Crippen LogP contribution in [0.15, 0.2) is 48.5 Å². The molecule has 1 aliphatic rings. The van der Waals surface area contributed by atoms with Crippen LogP contribution in [0.4, 0.5) is 0 Å². The van der Waals surface area contributed by atoms with Crippen LogP contribution >= 0.6 is 0 Å². The summed E-state index contributed by atoms with van der Waals surface area (Å²) < 4.78 is 5.73. The first kappa shape index (κ1) is 19.0. The van der Waals surface area contributed by atoms with Crippen LogP contribution < -0.4 is 10.1 Å². The summed E-state index contributed by atoms with van der Waals surface area (Å²) in [6.45, 7) is 5.91. The van der Waals surface area contributed by atoms with Gasteiger partial charge in [-0.05, 0) is 31.0 Å². The highest BCUT2D eigenvalue weighted by molar-refractivity contribution is 5.89. The van der Waals surface area contributed by atoms with Crippen molar-refractivity contribution >= 4 is 11.8 Å². The first-order valence-corrected chi connectivity index (χ1v) is 9.32. The molecule has 0 spiro atoms. The number of rotatable bonds is 7. The Morgan fingerprint density at radius 2 is 1.96 bits per heavy atom. The molecule has 1 fully saturated rings. The lowest BCUT2D eigenvalue weighted by Crippen LogP contribution is -2.35. The molecule has 2 amide bonds. The average Bonchev–Trinajstić information content (AvgIpc) is 3.01. The molecule has 1 aliphatic heterocycles. The molecule has 27 heavy (non-hydrogen) atoms. The Morgan fingerprint density at radius 3 is 2.70 bits per heavy atom. The van der Waals surface area contributed by atoms with Crippen molar-refractivity contribution in [3.8, 4) is 5.75 Å². The summed E-state index contributed by atoms with van der Waals surface area (Å²) in [5, 5.41) is 2.89. The second-order valence-electron chi connectivity index (χ2n) is 7.07. The number of ether oxygens (including phenoxy) is 1. The van der Waals surface area contributed by atoms with Crippen LogP contribution in [0, 0.1) is 19.8 Å². The van der Waals surface area contributed by atoms with Gasteiger partial charge in [-0.15, -0.1) is 0 Å². The number of carbonyl (C=O) groups excluding carboxylic acids is 2. The molecule has 0 bridgehead atoms. The van der Waals surface area contributed by atoms with E-state index < -0.39 is 0 Å². The monoisotopic (exact) mass is 366 g/mol. The molecule has 2 aromatic rings. The smallest absolute Gasteiger partial charge is 0.225 e. The molecule has 1 saturated heterocycles. The first-order chi connectivity index (χ1) is 13.0.